The van der Waals surface area contributed by atoms with Crippen molar-refractivity contribution in [3.8, 4) is 11.1 Å². The number of carbonyl (C=O) groups excluding carboxylic acids is 1. The molecule has 168 valence electrons. The van der Waals surface area contributed by atoms with Crippen molar-refractivity contribution in [2.24, 2.45) is 5.92 Å². The van der Waals surface area contributed by atoms with Crippen molar-refractivity contribution in [2.45, 2.75) is 58.8 Å². The van der Waals surface area contributed by atoms with Crippen LogP contribution >= 0.6 is 0 Å². The Morgan fingerprint density at radius 1 is 1.25 bits per heavy atom. The summed E-state index contributed by atoms with van der Waals surface area (Å²) >= 11 is 0. The first-order valence-electron chi connectivity index (χ1n) is 11.6. The largest absolute Gasteiger partial charge is 0.345 e. The van der Waals surface area contributed by atoms with E-state index in [-0.39, 0.29) is 13.1 Å². The van der Waals surface area contributed by atoms with Crippen LogP contribution in [0.25, 0.3) is 33.8 Å². The molecule has 1 aliphatic rings. The zero-order valence-electron chi connectivity index (χ0n) is 19.0. The summed E-state index contributed by atoms with van der Waals surface area (Å²) in [4.78, 5) is 25.2. The molecule has 0 aromatic carbocycles. The van der Waals surface area contributed by atoms with E-state index in [0.29, 0.717) is 5.82 Å². The Kier molecular flexibility index (Phi) is 6.78. The summed E-state index contributed by atoms with van der Waals surface area (Å²) < 4.78 is 1.79. The van der Waals surface area contributed by atoms with Gasteiger partial charge in [-0.05, 0) is 36.6 Å². The number of fused-ring (bicyclic) bond motifs is 2. The van der Waals surface area contributed by atoms with Gasteiger partial charge in [-0.2, -0.15) is 5.10 Å². The fourth-order valence-corrected chi connectivity index (χ4v) is 4.36. The number of nitrogens with one attached hydrogen (secondary N) is 1. The van der Waals surface area contributed by atoms with Crippen molar-refractivity contribution in [2.75, 3.05) is 0 Å². The number of Topliss-reactive ketones (excluding diaryl/α,β-unsaturated/α-hetero) is 1. The highest BCUT2D eigenvalue weighted by molar-refractivity contribution is 6.04. The van der Waals surface area contributed by atoms with E-state index in [0.717, 1.165) is 58.9 Å². The number of aromatic nitrogens is 5. The number of nitrogens with zero attached hydrogens (tertiary/aromatic N) is 4. The molecular weight excluding hydrogens is 398 g/mol. The van der Waals surface area contributed by atoms with Crippen molar-refractivity contribution in [3.05, 3.63) is 54.9 Å². The second-order valence-corrected chi connectivity index (χ2v) is 8.46. The van der Waals surface area contributed by atoms with Crippen LogP contribution < -0.4 is 0 Å². The molecule has 0 spiro atoms. The Bertz CT molecular complexity index is 1230. The average Bonchev–Trinajstić information content (AvgIpc) is 3.32. The van der Waals surface area contributed by atoms with E-state index in [1.54, 1.807) is 16.8 Å². The van der Waals surface area contributed by atoms with Gasteiger partial charge in [-0.3, -0.25) is 4.79 Å². The lowest BCUT2D eigenvalue weighted by Crippen LogP contribution is -2.13. The Morgan fingerprint density at radius 3 is 2.72 bits per heavy atom. The van der Waals surface area contributed by atoms with Gasteiger partial charge in [0.25, 0.3) is 0 Å². The molecule has 5 rings (SSSR count). The van der Waals surface area contributed by atoms with E-state index in [9.17, 15) is 4.79 Å². The number of carbonyl (C=O) groups is 1. The molecule has 0 aliphatic heterocycles. The molecule has 1 saturated carbocycles. The van der Waals surface area contributed by atoms with Gasteiger partial charge < -0.3 is 4.98 Å². The van der Waals surface area contributed by atoms with Gasteiger partial charge in [0.15, 0.2) is 11.6 Å². The Hall–Kier alpha value is -3.28. The molecule has 6 nitrogen and oxygen atoms in total. The van der Waals surface area contributed by atoms with E-state index in [2.05, 4.69) is 40.5 Å². The van der Waals surface area contributed by atoms with Gasteiger partial charge in [0.1, 0.15) is 5.65 Å². The molecule has 0 bridgehead atoms. The minimum absolute atomic E-state index is 0. The standard InChI is InChI=1S/C23H23N5O.C3H8.H2/c1-2-21-24-13-18-17(12-25-23(18)27-21)16-9-10-28-20(11-16)19(14-26-28)22(29)15-7-5-3-4-6-8-15;1-3-2;/h2,9-15H,1,3-8H2,(H,24,25,27);3H2,1-2H3;1H. The Balaban J connectivity index is 0.000000728. The van der Waals surface area contributed by atoms with Crippen LogP contribution in [0, 0.1) is 5.92 Å². The van der Waals surface area contributed by atoms with E-state index >= 15 is 0 Å². The summed E-state index contributed by atoms with van der Waals surface area (Å²) in [5.74, 6) is 0.943. The highest BCUT2D eigenvalue weighted by Gasteiger charge is 2.24. The van der Waals surface area contributed by atoms with Crippen LogP contribution in [0.4, 0.5) is 0 Å². The topological polar surface area (TPSA) is 75.9 Å². The van der Waals surface area contributed by atoms with Gasteiger partial charge in [0.2, 0.25) is 0 Å². The van der Waals surface area contributed by atoms with Crippen LogP contribution in [0.15, 0.2) is 43.5 Å². The van der Waals surface area contributed by atoms with Crippen molar-refractivity contribution in [1.82, 2.24) is 24.6 Å². The minimum atomic E-state index is 0. The summed E-state index contributed by atoms with van der Waals surface area (Å²) in [6.07, 6.45) is 17.0. The fourth-order valence-electron chi connectivity index (χ4n) is 4.36. The van der Waals surface area contributed by atoms with Gasteiger partial charge in [-0.1, -0.05) is 52.5 Å². The predicted octanol–water partition coefficient (Wildman–Crippen LogP) is 6.73. The molecule has 4 heterocycles. The average molecular weight is 432 g/mol. The number of aromatic amines is 1. The molecule has 4 aromatic rings. The smallest absolute Gasteiger partial charge is 0.169 e. The van der Waals surface area contributed by atoms with Crippen LogP contribution in [0.2, 0.25) is 0 Å². The summed E-state index contributed by atoms with van der Waals surface area (Å²) in [7, 11) is 0. The van der Waals surface area contributed by atoms with E-state index in [4.69, 9.17) is 0 Å². The quantitative estimate of drug-likeness (QED) is 0.287. The van der Waals surface area contributed by atoms with Gasteiger partial charge in [-0.25, -0.2) is 14.5 Å². The zero-order valence-corrected chi connectivity index (χ0v) is 19.0. The molecule has 0 atom stereocenters. The highest BCUT2D eigenvalue weighted by atomic mass is 16.1. The summed E-state index contributed by atoms with van der Waals surface area (Å²) in [6, 6.07) is 4.05. The van der Waals surface area contributed by atoms with Crippen LogP contribution in [-0.4, -0.2) is 30.3 Å². The molecule has 0 saturated heterocycles. The van der Waals surface area contributed by atoms with Crippen LogP contribution in [0.3, 0.4) is 0 Å². The van der Waals surface area contributed by atoms with Crippen LogP contribution in [0.1, 0.15) is 76.4 Å². The second-order valence-electron chi connectivity index (χ2n) is 8.46. The van der Waals surface area contributed by atoms with Gasteiger partial charge >= 0.3 is 0 Å². The van der Waals surface area contributed by atoms with E-state index in [1.807, 2.05) is 30.7 Å². The first-order valence-corrected chi connectivity index (χ1v) is 11.6. The number of hydrogen-bond donors (Lipinski definition) is 1. The lowest BCUT2D eigenvalue weighted by atomic mass is 9.91. The number of pyridine rings is 1. The van der Waals surface area contributed by atoms with Crippen molar-refractivity contribution in [3.63, 3.8) is 0 Å². The summed E-state index contributed by atoms with van der Waals surface area (Å²) in [6.45, 7) is 7.97. The maximum absolute atomic E-state index is 13.2. The molecule has 1 N–H and O–H groups in total. The number of ketones is 1. The molecule has 0 unspecified atom stereocenters. The van der Waals surface area contributed by atoms with E-state index < -0.39 is 0 Å². The fraction of sp³-hybridized carbons (Fsp3) is 0.385. The van der Waals surface area contributed by atoms with Gasteiger partial charge in [0, 0.05) is 36.9 Å². The van der Waals surface area contributed by atoms with Crippen LogP contribution in [0.5, 0.6) is 0 Å². The minimum Gasteiger partial charge on any atom is -0.345 e. The van der Waals surface area contributed by atoms with Crippen molar-refractivity contribution in [1.29, 1.82) is 0 Å². The zero-order chi connectivity index (χ0) is 22.5. The molecule has 0 radical (unpaired) electrons. The SMILES string of the molecule is C=Cc1ncc2c(-c3ccn4ncc(C(=O)C5CCCCCC5)c4c3)c[nH]c2n1.CCC.[HH]. The first kappa shape index (κ1) is 21.9. The molecule has 6 heteroatoms. The molecule has 1 aliphatic carbocycles. The number of rotatable bonds is 4. The Labute approximate surface area is 190 Å². The number of H-pyrrole nitrogens is 1. The summed E-state index contributed by atoms with van der Waals surface area (Å²) in [5, 5.41) is 5.36. The predicted molar refractivity (Wildman–Crippen MR) is 132 cm³/mol. The second kappa shape index (κ2) is 9.90. The first-order chi connectivity index (χ1) is 15.7. The monoisotopic (exact) mass is 431 g/mol. The van der Waals surface area contributed by atoms with Gasteiger partial charge in [0.05, 0.1) is 17.3 Å². The van der Waals surface area contributed by atoms with Crippen LogP contribution in [-0.2, 0) is 0 Å². The third-order valence-corrected chi connectivity index (χ3v) is 5.96. The third kappa shape index (κ3) is 4.35. The Morgan fingerprint density at radius 2 is 2.00 bits per heavy atom. The lowest BCUT2D eigenvalue weighted by Gasteiger charge is -2.11. The van der Waals surface area contributed by atoms with E-state index in [1.165, 1.54) is 19.3 Å². The number of hydrogen-bond acceptors (Lipinski definition) is 4. The van der Waals surface area contributed by atoms with Crippen molar-refractivity contribution >= 4 is 28.4 Å². The maximum Gasteiger partial charge on any atom is 0.169 e. The maximum atomic E-state index is 13.2. The normalized spacial score (nSPS) is 14.7. The molecular formula is C26H33N5O. The van der Waals surface area contributed by atoms with Gasteiger partial charge in [-0.15, -0.1) is 0 Å². The molecule has 4 aromatic heterocycles. The molecule has 1 fully saturated rings. The van der Waals surface area contributed by atoms with Crippen molar-refractivity contribution < 1.29 is 6.22 Å². The summed E-state index contributed by atoms with van der Waals surface area (Å²) in [5.41, 5.74) is 4.37. The molecule has 0 amide bonds. The molecule has 32 heavy (non-hydrogen) atoms. The highest BCUT2D eigenvalue weighted by Crippen LogP contribution is 2.31. The third-order valence-electron chi connectivity index (χ3n) is 5.96. The lowest BCUT2D eigenvalue weighted by molar-refractivity contribution is 0.0909.